The van der Waals surface area contributed by atoms with Gasteiger partial charge in [0.25, 0.3) is 0 Å². The third-order valence-electron chi connectivity index (χ3n) is 7.75. The minimum absolute atomic E-state index is 0.0130. The fourth-order valence-electron chi connectivity index (χ4n) is 5.35. The lowest BCUT2D eigenvalue weighted by atomic mass is 9.84. The number of aryl methyl sites for hydroxylation is 1. The third-order valence-corrected chi connectivity index (χ3v) is 7.75. The highest BCUT2D eigenvalue weighted by atomic mass is 19.1. The molecule has 37 heavy (non-hydrogen) atoms. The maximum Gasteiger partial charge on any atom is 0.341 e. The van der Waals surface area contributed by atoms with E-state index in [2.05, 4.69) is 23.8 Å². The molecule has 3 rings (SSSR count). The zero-order valence-corrected chi connectivity index (χ0v) is 23.2. The summed E-state index contributed by atoms with van der Waals surface area (Å²) < 4.78 is 20.5. The van der Waals surface area contributed by atoms with Gasteiger partial charge in [-0.25, -0.2) is 19.2 Å². The molecular formula is C32H47FN2O2. The van der Waals surface area contributed by atoms with E-state index in [0.29, 0.717) is 11.4 Å². The third kappa shape index (κ3) is 10.2. The lowest BCUT2D eigenvalue weighted by molar-refractivity contribution is 0.0156. The van der Waals surface area contributed by atoms with Crippen molar-refractivity contribution in [3.05, 3.63) is 47.5 Å². The lowest BCUT2D eigenvalue weighted by Gasteiger charge is -2.28. The highest BCUT2D eigenvalue weighted by molar-refractivity contribution is 5.90. The number of halogens is 1. The SMILES string of the molecule is CCCCCCCCCCC1CCC(OC(=O)c2ccc(-c3ncc(CCCCC)cn3)cc2F)CC1. The predicted octanol–water partition coefficient (Wildman–Crippen LogP) is 9.26. The average molecular weight is 511 g/mol. The second-order valence-corrected chi connectivity index (χ2v) is 10.9. The van der Waals surface area contributed by atoms with Crippen LogP contribution in [0, 0.1) is 11.7 Å². The summed E-state index contributed by atoms with van der Waals surface area (Å²) in [5.41, 5.74) is 1.64. The van der Waals surface area contributed by atoms with Crippen LogP contribution in [0.2, 0.25) is 0 Å². The number of benzene rings is 1. The average Bonchev–Trinajstić information content (AvgIpc) is 2.91. The Bertz CT molecular complexity index is 923. The summed E-state index contributed by atoms with van der Waals surface area (Å²) in [6, 6.07) is 4.54. The number of rotatable bonds is 16. The van der Waals surface area contributed by atoms with Gasteiger partial charge in [-0.2, -0.15) is 0 Å². The van der Waals surface area contributed by atoms with Crippen molar-refractivity contribution in [2.24, 2.45) is 5.92 Å². The number of hydrogen-bond acceptors (Lipinski definition) is 4. The smallest absolute Gasteiger partial charge is 0.341 e. The minimum atomic E-state index is -0.582. The molecule has 5 heteroatoms. The van der Waals surface area contributed by atoms with Crippen molar-refractivity contribution in [1.29, 1.82) is 0 Å². The standard InChI is InChI=1S/C32H47FN2O2/c1-3-5-7-8-9-10-11-13-14-25-16-19-28(20-17-25)37-32(36)29-21-18-27(22-30(29)33)31-34-23-26(24-35-31)15-12-6-4-2/h18,21-25,28H,3-17,19-20H2,1-2H3. The summed E-state index contributed by atoms with van der Waals surface area (Å²) in [4.78, 5) is 21.5. The monoisotopic (exact) mass is 510 g/mol. The van der Waals surface area contributed by atoms with E-state index in [1.54, 1.807) is 6.07 Å². The van der Waals surface area contributed by atoms with Crippen molar-refractivity contribution < 1.29 is 13.9 Å². The summed E-state index contributed by atoms with van der Waals surface area (Å²) in [7, 11) is 0. The molecule has 0 radical (unpaired) electrons. The van der Waals surface area contributed by atoms with Crippen LogP contribution in [0.5, 0.6) is 0 Å². The Morgan fingerprint density at radius 2 is 1.49 bits per heavy atom. The van der Waals surface area contributed by atoms with Gasteiger partial charge in [0.2, 0.25) is 0 Å². The molecule has 1 aromatic heterocycles. The Balaban J connectivity index is 1.38. The molecule has 2 aromatic rings. The van der Waals surface area contributed by atoms with Crippen LogP contribution in [-0.2, 0) is 11.2 Å². The molecular weight excluding hydrogens is 463 g/mol. The van der Waals surface area contributed by atoms with Crippen molar-refractivity contribution in [3.8, 4) is 11.4 Å². The van der Waals surface area contributed by atoms with Gasteiger partial charge in [-0.1, -0.05) is 90.5 Å². The minimum Gasteiger partial charge on any atom is -0.459 e. The van der Waals surface area contributed by atoms with Crippen molar-refractivity contribution in [3.63, 3.8) is 0 Å². The molecule has 4 nitrogen and oxygen atoms in total. The van der Waals surface area contributed by atoms with Gasteiger partial charge in [-0.3, -0.25) is 0 Å². The highest BCUT2D eigenvalue weighted by Gasteiger charge is 2.25. The molecule has 0 N–H and O–H groups in total. The summed E-state index contributed by atoms with van der Waals surface area (Å²) in [6.07, 6.45) is 24.0. The van der Waals surface area contributed by atoms with Crippen LogP contribution < -0.4 is 0 Å². The highest BCUT2D eigenvalue weighted by Crippen LogP contribution is 2.31. The van der Waals surface area contributed by atoms with Gasteiger partial charge in [-0.15, -0.1) is 0 Å². The summed E-state index contributed by atoms with van der Waals surface area (Å²) in [5, 5.41) is 0. The Morgan fingerprint density at radius 1 is 0.865 bits per heavy atom. The first kappa shape index (κ1) is 29.3. The van der Waals surface area contributed by atoms with E-state index in [-0.39, 0.29) is 11.7 Å². The van der Waals surface area contributed by atoms with Crippen LogP contribution in [0.1, 0.15) is 133 Å². The van der Waals surface area contributed by atoms with E-state index in [4.69, 9.17) is 4.74 Å². The largest absolute Gasteiger partial charge is 0.459 e. The Labute approximate surface area is 223 Å². The first-order chi connectivity index (χ1) is 18.1. The molecule has 1 heterocycles. The maximum absolute atomic E-state index is 14.8. The number of carbonyl (C=O) groups is 1. The van der Waals surface area contributed by atoms with E-state index < -0.39 is 11.8 Å². The van der Waals surface area contributed by atoms with Gasteiger partial charge in [0.05, 0.1) is 5.56 Å². The van der Waals surface area contributed by atoms with Gasteiger partial charge in [0, 0.05) is 18.0 Å². The molecule has 0 amide bonds. The van der Waals surface area contributed by atoms with Crippen molar-refractivity contribution in [1.82, 2.24) is 9.97 Å². The number of carbonyl (C=O) groups excluding carboxylic acids is 1. The molecule has 0 aliphatic heterocycles. The number of hydrogen-bond donors (Lipinski definition) is 0. The second-order valence-electron chi connectivity index (χ2n) is 10.9. The van der Waals surface area contributed by atoms with Gasteiger partial charge in [-0.05, 0) is 62.1 Å². The van der Waals surface area contributed by atoms with E-state index in [0.717, 1.165) is 50.0 Å². The number of aromatic nitrogens is 2. The molecule has 0 bridgehead atoms. The van der Waals surface area contributed by atoms with Crippen LogP contribution >= 0.6 is 0 Å². The molecule has 204 valence electrons. The molecule has 1 saturated carbocycles. The molecule has 1 aliphatic rings. The number of nitrogens with zero attached hydrogens (tertiary/aromatic N) is 2. The first-order valence-electron chi connectivity index (χ1n) is 14.9. The Hall–Kier alpha value is -2.30. The second kappa shape index (κ2) is 16.5. The Morgan fingerprint density at radius 3 is 2.14 bits per heavy atom. The molecule has 0 spiro atoms. The lowest BCUT2D eigenvalue weighted by Crippen LogP contribution is -2.25. The van der Waals surface area contributed by atoms with Crippen LogP contribution in [0.25, 0.3) is 11.4 Å². The van der Waals surface area contributed by atoms with Crippen LogP contribution in [-0.4, -0.2) is 22.0 Å². The van der Waals surface area contributed by atoms with Crippen molar-refractivity contribution in [2.45, 2.75) is 129 Å². The predicted molar refractivity (Wildman–Crippen MR) is 149 cm³/mol. The van der Waals surface area contributed by atoms with Crippen molar-refractivity contribution in [2.75, 3.05) is 0 Å². The van der Waals surface area contributed by atoms with Gasteiger partial charge >= 0.3 is 5.97 Å². The quantitative estimate of drug-likeness (QED) is 0.167. The summed E-state index contributed by atoms with van der Waals surface area (Å²) in [5.74, 6) is 0.0567. The summed E-state index contributed by atoms with van der Waals surface area (Å²) in [6.45, 7) is 4.44. The fraction of sp³-hybridized carbons (Fsp3) is 0.656. The summed E-state index contributed by atoms with van der Waals surface area (Å²) >= 11 is 0. The number of esters is 1. The molecule has 0 saturated heterocycles. The molecule has 1 aliphatic carbocycles. The van der Waals surface area contributed by atoms with Crippen LogP contribution in [0.4, 0.5) is 4.39 Å². The van der Waals surface area contributed by atoms with Gasteiger partial charge in [0.1, 0.15) is 11.9 Å². The van der Waals surface area contributed by atoms with Gasteiger partial charge in [0.15, 0.2) is 5.82 Å². The fourth-order valence-corrected chi connectivity index (χ4v) is 5.35. The molecule has 1 fully saturated rings. The van der Waals surface area contributed by atoms with Crippen LogP contribution in [0.3, 0.4) is 0 Å². The number of ether oxygens (including phenoxy) is 1. The topological polar surface area (TPSA) is 52.1 Å². The van der Waals surface area contributed by atoms with E-state index >= 15 is 0 Å². The molecule has 1 aromatic carbocycles. The van der Waals surface area contributed by atoms with E-state index in [1.165, 1.54) is 82.8 Å². The molecule has 0 unspecified atom stereocenters. The molecule has 0 atom stereocenters. The Kier molecular flexibility index (Phi) is 13.1. The van der Waals surface area contributed by atoms with Crippen molar-refractivity contribution >= 4 is 5.97 Å². The zero-order valence-electron chi connectivity index (χ0n) is 23.2. The zero-order chi connectivity index (χ0) is 26.3. The number of unbranched alkanes of at least 4 members (excludes halogenated alkanes) is 9. The van der Waals surface area contributed by atoms with E-state index in [1.807, 2.05) is 12.4 Å². The van der Waals surface area contributed by atoms with E-state index in [9.17, 15) is 9.18 Å². The maximum atomic E-state index is 14.8. The first-order valence-corrected chi connectivity index (χ1v) is 14.9. The van der Waals surface area contributed by atoms with Crippen LogP contribution in [0.15, 0.2) is 30.6 Å². The normalized spacial score (nSPS) is 17.6. The van der Waals surface area contributed by atoms with Gasteiger partial charge < -0.3 is 4.74 Å².